The van der Waals surface area contributed by atoms with Gasteiger partial charge in [-0.1, -0.05) is 53.7 Å². The summed E-state index contributed by atoms with van der Waals surface area (Å²) in [5, 5.41) is 20.4. The topological polar surface area (TPSA) is 140 Å². The number of hydrazone groups is 1. The maximum atomic E-state index is 12.9. The van der Waals surface area contributed by atoms with Crippen molar-refractivity contribution in [1.29, 1.82) is 0 Å². The van der Waals surface area contributed by atoms with Crippen LogP contribution in [0.2, 0.25) is 10.0 Å². The Morgan fingerprint density at radius 1 is 1.33 bits per heavy atom. The lowest BCUT2D eigenvalue weighted by molar-refractivity contribution is 0.0947. The van der Waals surface area contributed by atoms with Crippen molar-refractivity contribution in [2.24, 2.45) is 5.10 Å². The van der Waals surface area contributed by atoms with Gasteiger partial charge in [-0.15, -0.1) is 5.10 Å². The van der Waals surface area contributed by atoms with Crippen molar-refractivity contribution < 1.29 is 9.42 Å². The first-order valence-electron chi connectivity index (χ1n) is 10.5. The SMILES string of the molecule is CN(Cc1c(C(=O)N/N=C/c2ccc(Cl)cc2Cl)nnn1-c1nonc1N)C1CCCCC1. The quantitative estimate of drug-likeness (QED) is 0.379. The normalized spacial score (nSPS) is 14.9. The Labute approximate surface area is 199 Å². The van der Waals surface area contributed by atoms with Crippen molar-refractivity contribution in [3.8, 4) is 5.82 Å². The molecule has 1 aliphatic rings. The van der Waals surface area contributed by atoms with E-state index in [1.807, 2.05) is 7.05 Å². The van der Waals surface area contributed by atoms with Crippen LogP contribution in [0.1, 0.15) is 53.8 Å². The van der Waals surface area contributed by atoms with Crippen molar-refractivity contribution in [2.75, 3.05) is 12.8 Å². The van der Waals surface area contributed by atoms with Gasteiger partial charge >= 0.3 is 0 Å². The summed E-state index contributed by atoms with van der Waals surface area (Å²) in [6.45, 7) is 0.402. The fourth-order valence-corrected chi connectivity index (χ4v) is 4.29. The third-order valence-corrected chi connectivity index (χ3v) is 6.17. The number of hydrogen-bond donors (Lipinski definition) is 2. The highest BCUT2D eigenvalue weighted by Gasteiger charge is 2.27. The van der Waals surface area contributed by atoms with Crippen molar-refractivity contribution in [1.82, 2.24) is 35.6 Å². The number of amides is 1. The number of hydrogen-bond acceptors (Lipinski definition) is 9. The van der Waals surface area contributed by atoms with Gasteiger partial charge in [0.15, 0.2) is 5.69 Å². The number of nitrogen functional groups attached to an aromatic ring is 1. The molecule has 4 rings (SSSR count). The Balaban J connectivity index is 1.57. The molecule has 1 fully saturated rings. The first-order chi connectivity index (χ1) is 15.9. The zero-order chi connectivity index (χ0) is 23.4. The third-order valence-electron chi connectivity index (χ3n) is 5.60. The molecule has 1 saturated carbocycles. The Bertz CT molecular complexity index is 1150. The number of carbonyl (C=O) groups is 1. The molecule has 0 aliphatic heterocycles. The molecule has 174 valence electrons. The van der Waals surface area contributed by atoms with Crippen LogP contribution in [0.4, 0.5) is 5.82 Å². The molecule has 3 aromatic rings. The Kier molecular flexibility index (Phi) is 7.21. The van der Waals surface area contributed by atoms with Gasteiger partial charge in [-0.25, -0.2) is 10.1 Å². The molecule has 0 saturated heterocycles. The number of carbonyl (C=O) groups excluding carboxylic acids is 1. The number of rotatable bonds is 7. The standard InChI is InChI=1S/C20H23Cl2N9O2/c1-30(14-5-3-2-4-6-14)11-16-17(25-29-31(16)19-18(23)27-33-28-19)20(32)26-24-10-12-7-8-13(21)9-15(12)22/h7-10,14H,2-6,11H2,1H3,(H2,23,27)(H,26,32)/b24-10+. The predicted molar refractivity (Wildman–Crippen MR) is 123 cm³/mol. The molecule has 33 heavy (non-hydrogen) atoms. The van der Waals surface area contributed by atoms with Gasteiger partial charge in [-0.2, -0.15) is 9.78 Å². The van der Waals surface area contributed by atoms with Crippen LogP contribution in [0.25, 0.3) is 5.82 Å². The van der Waals surface area contributed by atoms with Crippen molar-refractivity contribution >= 4 is 41.1 Å². The monoisotopic (exact) mass is 491 g/mol. The molecular formula is C20H23Cl2N9O2. The van der Waals surface area contributed by atoms with E-state index >= 15 is 0 Å². The van der Waals surface area contributed by atoms with Crippen LogP contribution in [0.15, 0.2) is 27.9 Å². The summed E-state index contributed by atoms with van der Waals surface area (Å²) in [6, 6.07) is 5.36. The van der Waals surface area contributed by atoms with E-state index in [1.54, 1.807) is 18.2 Å². The van der Waals surface area contributed by atoms with Crippen LogP contribution in [-0.2, 0) is 6.54 Å². The average Bonchev–Trinajstić information content (AvgIpc) is 3.41. The summed E-state index contributed by atoms with van der Waals surface area (Å²) in [5.74, 6) is -0.321. The lowest BCUT2D eigenvalue weighted by atomic mass is 9.94. The Morgan fingerprint density at radius 3 is 2.82 bits per heavy atom. The maximum absolute atomic E-state index is 12.9. The molecular weight excluding hydrogens is 469 g/mol. The van der Waals surface area contributed by atoms with E-state index in [-0.39, 0.29) is 17.3 Å². The summed E-state index contributed by atoms with van der Waals surface area (Å²) in [6.07, 6.45) is 7.23. The summed E-state index contributed by atoms with van der Waals surface area (Å²) in [7, 11) is 2.01. The molecule has 3 N–H and O–H groups in total. The molecule has 1 aliphatic carbocycles. The van der Waals surface area contributed by atoms with E-state index in [0.29, 0.717) is 33.9 Å². The van der Waals surface area contributed by atoms with Crippen LogP contribution in [0.5, 0.6) is 0 Å². The van der Waals surface area contributed by atoms with Gasteiger partial charge in [0, 0.05) is 23.2 Å². The molecule has 1 aromatic carbocycles. The number of nitrogens with two attached hydrogens (primary N) is 1. The van der Waals surface area contributed by atoms with E-state index in [9.17, 15) is 4.79 Å². The largest absolute Gasteiger partial charge is 0.378 e. The number of benzene rings is 1. The van der Waals surface area contributed by atoms with Gasteiger partial charge < -0.3 is 5.73 Å². The second kappa shape index (κ2) is 10.3. The molecule has 0 radical (unpaired) electrons. The van der Waals surface area contributed by atoms with Gasteiger partial charge in [0.25, 0.3) is 5.91 Å². The smallest absolute Gasteiger partial charge is 0.293 e. The molecule has 11 nitrogen and oxygen atoms in total. The van der Waals surface area contributed by atoms with Crippen LogP contribution in [0.3, 0.4) is 0 Å². The van der Waals surface area contributed by atoms with E-state index < -0.39 is 5.91 Å². The van der Waals surface area contributed by atoms with E-state index in [0.717, 1.165) is 12.8 Å². The minimum atomic E-state index is -0.537. The highest BCUT2D eigenvalue weighted by molar-refractivity contribution is 6.36. The molecule has 2 aromatic heterocycles. The van der Waals surface area contributed by atoms with Gasteiger partial charge in [0.05, 0.1) is 16.9 Å². The number of aromatic nitrogens is 5. The number of halogens is 2. The zero-order valence-electron chi connectivity index (χ0n) is 17.9. The highest BCUT2D eigenvalue weighted by Crippen LogP contribution is 2.25. The van der Waals surface area contributed by atoms with Gasteiger partial charge in [-0.3, -0.25) is 9.69 Å². The zero-order valence-corrected chi connectivity index (χ0v) is 19.4. The van der Waals surface area contributed by atoms with E-state index in [4.69, 9.17) is 33.6 Å². The summed E-state index contributed by atoms with van der Waals surface area (Å²) >= 11 is 12.0. The predicted octanol–water partition coefficient (Wildman–Crippen LogP) is 3.07. The van der Waals surface area contributed by atoms with Crippen LogP contribution in [0, 0.1) is 0 Å². The lowest BCUT2D eigenvalue weighted by Crippen LogP contribution is -2.34. The third kappa shape index (κ3) is 5.32. The molecule has 2 heterocycles. The summed E-state index contributed by atoms with van der Waals surface area (Å²) in [4.78, 5) is 15.1. The number of anilines is 1. The fraction of sp³-hybridized carbons (Fsp3) is 0.400. The van der Waals surface area contributed by atoms with Crippen molar-refractivity contribution in [3.05, 3.63) is 45.2 Å². The average molecular weight is 492 g/mol. The van der Waals surface area contributed by atoms with Crippen LogP contribution in [-0.4, -0.2) is 55.4 Å². The van der Waals surface area contributed by atoms with E-state index in [1.165, 1.54) is 30.2 Å². The van der Waals surface area contributed by atoms with Gasteiger partial charge in [-0.05, 0) is 42.3 Å². The van der Waals surface area contributed by atoms with Crippen LogP contribution >= 0.6 is 23.2 Å². The Morgan fingerprint density at radius 2 is 2.12 bits per heavy atom. The number of nitrogens with one attached hydrogen (secondary N) is 1. The second-order valence-electron chi connectivity index (χ2n) is 7.84. The summed E-state index contributed by atoms with van der Waals surface area (Å²) < 4.78 is 6.08. The first kappa shape index (κ1) is 23.1. The lowest BCUT2D eigenvalue weighted by Gasteiger charge is -2.31. The van der Waals surface area contributed by atoms with E-state index in [2.05, 4.69) is 36.1 Å². The molecule has 0 atom stereocenters. The van der Waals surface area contributed by atoms with Crippen molar-refractivity contribution in [3.63, 3.8) is 0 Å². The molecule has 0 spiro atoms. The molecule has 0 unspecified atom stereocenters. The maximum Gasteiger partial charge on any atom is 0.293 e. The summed E-state index contributed by atoms with van der Waals surface area (Å²) in [5.41, 5.74) is 9.52. The number of nitrogens with zero attached hydrogens (tertiary/aromatic N) is 7. The molecule has 13 heteroatoms. The van der Waals surface area contributed by atoms with Gasteiger partial charge in [0.1, 0.15) is 0 Å². The molecule has 0 bridgehead atoms. The minimum Gasteiger partial charge on any atom is -0.378 e. The van der Waals surface area contributed by atoms with Gasteiger partial charge in [0.2, 0.25) is 11.6 Å². The minimum absolute atomic E-state index is 0.0452. The van der Waals surface area contributed by atoms with Crippen LogP contribution < -0.4 is 11.2 Å². The first-order valence-corrected chi connectivity index (χ1v) is 11.2. The highest BCUT2D eigenvalue weighted by atomic mass is 35.5. The second-order valence-corrected chi connectivity index (χ2v) is 8.69. The molecule has 1 amide bonds. The Hall–Kier alpha value is -3.02. The van der Waals surface area contributed by atoms with Crippen molar-refractivity contribution in [2.45, 2.75) is 44.7 Å². The fourth-order valence-electron chi connectivity index (χ4n) is 3.83.